The van der Waals surface area contributed by atoms with Gasteiger partial charge < -0.3 is 11.1 Å². The number of likely N-dealkylation sites (N-methyl/N-ethyl adjacent to an activating group) is 1. The third kappa shape index (κ3) is 8.22. The molecule has 1 aliphatic carbocycles. The summed E-state index contributed by atoms with van der Waals surface area (Å²) in [5, 5.41) is 3.02. The summed E-state index contributed by atoms with van der Waals surface area (Å²) < 4.78 is 0. The van der Waals surface area contributed by atoms with Gasteiger partial charge >= 0.3 is 0 Å². The molecule has 122 valence electrons. The van der Waals surface area contributed by atoms with Crippen LogP contribution < -0.4 is 11.1 Å². The molecule has 0 heterocycles. The normalized spacial score (nSPS) is 17.0. The molecule has 4 heteroatoms. The average Bonchev–Trinajstić information content (AvgIpc) is 2.45. The number of nitrogens with two attached hydrogens (primary N) is 1. The van der Waals surface area contributed by atoms with Crippen molar-refractivity contribution in [3.8, 4) is 0 Å². The molecule has 0 bridgehead atoms. The maximum absolute atomic E-state index is 11.9. The largest absolute Gasteiger partial charge is 0.355 e. The van der Waals surface area contributed by atoms with Crippen LogP contribution in [0.2, 0.25) is 0 Å². The molecule has 0 aromatic carbocycles. The number of carbonyl (C=O) groups excluding carboxylic acids is 1. The molecule has 0 fully saturated rings. The van der Waals surface area contributed by atoms with Crippen molar-refractivity contribution >= 4 is 5.91 Å². The first-order valence-corrected chi connectivity index (χ1v) is 8.37. The van der Waals surface area contributed by atoms with Crippen molar-refractivity contribution < 1.29 is 4.79 Å². The lowest BCUT2D eigenvalue weighted by Gasteiger charge is -2.21. The highest BCUT2D eigenvalue weighted by Gasteiger charge is 2.11. The Kier molecular flexibility index (Phi) is 8.62. The van der Waals surface area contributed by atoms with Gasteiger partial charge in [0.1, 0.15) is 0 Å². The number of allylic oxidation sites excluding steroid dienone is 1. The van der Waals surface area contributed by atoms with Gasteiger partial charge in [-0.05, 0) is 58.0 Å². The van der Waals surface area contributed by atoms with Crippen molar-refractivity contribution in [2.45, 2.75) is 58.4 Å². The minimum atomic E-state index is 0.118. The smallest absolute Gasteiger partial charge is 0.234 e. The van der Waals surface area contributed by atoms with Crippen LogP contribution in [0.4, 0.5) is 0 Å². The van der Waals surface area contributed by atoms with E-state index in [2.05, 4.69) is 30.1 Å². The second-order valence-electron chi connectivity index (χ2n) is 6.64. The van der Waals surface area contributed by atoms with Crippen molar-refractivity contribution in [3.05, 3.63) is 11.6 Å². The summed E-state index contributed by atoms with van der Waals surface area (Å²) in [7, 11) is 1.98. The van der Waals surface area contributed by atoms with Crippen LogP contribution in [0.3, 0.4) is 0 Å². The molecule has 0 aromatic heterocycles. The van der Waals surface area contributed by atoms with Crippen molar-refractivity contribution in [2.24, 2.45) is 11.7 Å². The second kappa shape index (κ2) is 9.96. The van der Waals surface area contributed by atoms with E-state index in [4.69, 9.17) is 5.73 Å². The molecule has 0 spiro atoms. The van der Waals surface area contributed by atoms with E-state index in [1.807, 2.05) is 7.05 Å². The van der Waals surface area contributed by atoms with Gasteiger partial charge in [-0.1, -0.05) is 25.5 Å². The molecule has 3 N–H and O–H groups in total. The third-order valence-corrected chi connectivity index (χ3v) is 4.27. The summed E-state index contributed by atoms with van der Waals surface area (Å²) in [6, 6.07) is 0.216. The van der Waals surface area contributed by atoms with Gasteiger partial charge in [0.2, 0.25) is 5.91 Å². The predicted octanol–water partition coefficient (Wildman–Crippen LogP) is 2.30. The van der Waals surface area contributed by atoms with Crippen LogP contribution >= 0.6 is 0 Å². The van der Waals surface area contributed by atoms with E-state index in [1.165, 1.54) is 31.3 Å². The van der Waals surface area contributed by atoms with Crippen LogP contribution in [-0.4, -0.2) is 43.5 Å². The zero-order valence-corrected chi connectivity index (χ0v) is 14.0. The van der Waals surface area contributed by atoms with Crippen LogP contribution in [-0.2, 0) is 4.79 Å². The Morgan fingerprint density at radius 2 is 2.19 bits per heavy atom. The fraction of sp³-hybridized carbons (Fsp3) is 0.824. The van der Waals surface area contributed by atoms with Crippen LogP contribution in [0.25, 0.3) is 0 Å². The molecular weight excluding hydrogens is 262 g/mol. The summed E-state index contributed by atoms with van der Waals surface area (Å²) in [5.74, 6) is 0.614. The summed E-state index contributed by atoms with van der Waals surface area (Å²) >= 11 is 0. The maximum Gasteiger partial charge on any atom is 0.234 e. The molecule has 0 saturated heterocycles. The molecule has 0 aliphatic heterocycles. The van der Waals surface area contributed by atoms with Crippen molar-refractivity contribution in [2.75, 3.05) is 26.7 Å². The molecule has 21 heavy (non-hydrogen) atoms. The van der Waals surface area contributed by atoms with E-state index in [0.717, 1.165) is 25.9 Å². The molecule has 0 aromatic rings. The second-order valence-corrected chi connectivity index (χ2v) is 6.64. The number of nitrogens with zero attached hydrogens (tertiary/aromatic N) is 1. The molecule has 4 nitrogen and oxygen atoms in total. The zero-order valence-electron chi connectivity index (χ0n) is 14.0. The lowest BCUT2D eigenvalue weighted by molar-refractivity contribution is -0.121. The molecule has 0 radical (unpaired) electrons. The highest BCUT2D eigenvalue weighted by atomic mass is 16.2. The van der Waals surface area contributed by atoms with Gasteiger partial charge in [-0.15, -0.1) is 0 Å². The predicted molar refractivity (Wildman–Crippen MR) is 89.1 cm³/mol. The van der Waals surface area contributed by atoms with E-state index in [0.29, 0.717) is 12.5 Å². The molecule has 0 saturated carbocycles. The van der Waals surface area contributed by atoms with Crippen LogP contribution in [0.5, 0.6) is 0 Å². The van der Waals surface area contributed by atoms with Gasteiger partial charge in [0.05, 0.1) is 6.54 Å². The summed E-state index contributed by atoms with van der Waals surface area (Å²) in [4.78, 5) is 13.9. The van der Waals surface area contributed by atoms with Gasteiger partial charge in [0, 0.05) is 12.6 Å². The van der Waals surface area contributed by atoms with Crippen LogP contribution in [0.15, 0.2) is 11.6 Å². The van der Waals surface area contributed by atoms with Gasteiger partial charge in [-0.3, -0.25) is 9.69 Å². The summed E-state index contributed by atoms with van der Waals surface area (Å²) in [5.41, 5.74) is 7.54. The van der Waals surface area contributed by atoms with Crippen LogP contribution in [0, 0.1) is 5.92 Å². The zero-order chi connectivity index (χ0) is 15.7. The van der Waals surface area contributed by atoms with Crippen molar-refractivity contribution in [1.82, 2.24) is 10.2 Å². The fourth-order valence-corrected chi connectivity index (χ4v) is 2.58. The first kappa shape index (κ1) is 18.2. The van der Waals surface area contributed by atoms with E-state index in [1.54, 1.807) is 0 Å². The van der Waals surface area contributed by atoms with E-state index >= 15 is 0 Å². The Balaban J connectivity index is 2.10. The van der Waals surface area contributed by atoms with E-state index in [-0.39, 0.29) is 11.9 Å². The summed E-state index contributed by atoms with van der Waals surface area (Å²) in [6.45, 7) is 6.38. The Bertz CT molecular complexity index is 339. The first-order valence-electron chi connectivity index (χ1n) is 8.37. The Hall–Kier alpha value is -0.870. The lowest BCUT2D eigenvalue weighted by Crippen LogP contribution is -2.38. The number of carbonyl (C=O) groups is 1. The summed E-state index contributed by atoms with van der Waals surface area (Å²) in [6.07, 6.45) is 9.33. The SMILES string of the molecule is CC(C)C(N)CCN(C)CC(=O)NCCC1=CCCCC1. The number of amides is 1. The van der Waals surface area contributed by atoms with Gasteiger partial charge in [0.25, 0.3) is 0 Å². The lowest BCUT2D eigenvalue weighted by atomic mass is 9.97. The van der Waals surface area contributed by atoms with E-state index < -0.39 is 0 Å². The topological polar surface area (TPSA) is 58.4 Å². The molecule has 1 atom stereocenters. The number of rotatable bonds is 9. The number of hydrogen-bond acceptors (Lipinski definition) is 3. The molecular formula is C17H33N3O. The Morgan fingerprint density at radius 3 is 2.81 bits per heavy atom. The van der Waals surface area contributed by atoms with Gasteiger partial charge in [-0.2, -0.15) is 0 Å². The monoisotopic (exact) mass is 295 g/mol. The van der Waals surface area contributed by atoms with Crippen LogP contribution in [0.1, 0.15) is 52.4 Å². The molecule has 1 rings (SSSR count). The fourth-order valence-electron chi connectivity index (χ4n) is 2.58. The first-order chi connectivity index (χ1) is 9.99. The van der Waals surface area contributed by atoms with Crippen molar-refractivity contribution in [3.63, 3.8) is 0 Å². The standard InChI is InChI=1S/C17H33N3O/c1-14(2)16(18)10-12-20(3)13-17(21)19-11-9-15-7-5-4-6-8-15/h7,14,16H,4-6,8-13,18H2,1-3H3,(H,19,21). The molecule has 1 amide bonds. The minimum Gasteiger partial charge on any atom is -0.355 e. The van der Waals surface area contributed by atoms with E-state index in [9.17, 15) is 4.79 Å². The van der Waals surface area contributed by atoms with Gasteiger partial charge in [-0.25, -0.2) is 0 Å². The number of hydrogen-bond donors (Lipinski definition) is 2. The average molecular weight is 295 g/mol. The maximum atomic E-state index is 11.9. The highest BCUT2D eigenvalue weighted by Crippen LogP contribution is 2.19. The number of nitrogens with one attached hydrogen (secondary N) is 1. The quantitative estimate of drug-likeness (QED) is 0.642. The minimum absolute atomic E-state index is 0.118. The van der Waals surface area contributed by atoms with Gasteiger partial charge in [0.15, 0.2) is 0 Å². The molecule has 1 aliphatic rings. The Labute approximate surface area is 130 Å². The molecule has 1 unspecified atom stereocenters. The Morgan fingerprint density at radius 1 is 1.43 bits per heavy atom. The third-order valence-electron chi connectivity index (χ3n) is 4.27. The highest BCUT2D eigenvalue weighted by molar-refractivity contribution is 5.77. The van der Waals surface area contributed by atoms with Crippen molar-refractivity contribution in [1.29, 1.82) is 0 Å².